The lowest BCUT2D eigenvalue weighted by Crippen LogP contribution is -2.74. The summed E-state index contributed by atoms with van der Waals surface area (Å²) < 4.78 is 232. The van der Waals surface area contributed by atoms with Gasteiger partial charge in [0.2, 0.25) is 0 Å². The van der Waals surface area contributed by atoms with Crippen LogP contribution < -0.4 is 0 Å². The number of carbonyl (C=O) groups is 1. The molecule has 0 unspecified atom stereocenters. The molecule has 24 heteroatoms. The number of hydrogen-bond donors (Lipinski definition) is 4. The maximum absolute atomic E-state index is 13.7. The fourth-order valence-electron chi connectivity index (χ4n) is 2.80. The van der Waals surface area contributed by atoms with Gasteiger partial charge >= 0.3 is 53.6 Å². The van der Waals surface area contributed by atoms with E-state index in [0.717, 1.165) is 0 Å². The molecule has 0 aromatic rings. The highest BCUT2D eigenvalue weighted by atomic mass is 19.4. The molecule has 1 heterocycles. The van der Waals surface area contributed by atoms with Crippen molar-refractivity contribution in [3.8, 4) is 0 Å². The summed E-state index contributed by atoms with van der Waals surface area (Å²) in [6.45, 7) is -2.34. The Morgan fingerprint density at radius 2 is 1.02 bits per heavy atom. The molecule has 1 rings (SSSR count). The number of halogens is 17. The molecule has 0 aromatic carbocycles. The molecule has 40 heavy (non-hydrogen) atoms. The van der Waals surface area contributed by atoms with Crippen LogP contribution in [-0.2, 0) is 14.3 Å². The molecule has 0 amide bonds. The van der Waals surface area contributed by atoms with E-state index >= 15 is 0 Å². The average molecular weight is 640 g/mol. The summed E-state index contributed by atoms with van der Waals surface area (Å²) >= 11 is 0. The summed E-state index contributed by atoms with van der Waals surface area (Å²) in [5, 5.41) is 37.1. The maximum Gasteiger partial charge on any atom is 0.460 e. The third-order valence-corrected chi connectivity index (χ3v) is 5.28. The highest BCUT2D eigenvalue weighted by molar-refractivity contribution is 5.75. The van der Waals surface area contributed by atoms with E-state index in [1.165, 1.54) is 0 Å². The van der Waals surface area contributed by atoms with Crippen LogP contribution in [0.15, 0.2) is 0 Å². The summed E-state index contributed by atoms with van der Waals surface area (Å²) in [6.07, 6.45) is -22.9. The second-order valence-corrected chi connectivity index (χ2v) is 7.98. The van der Waals surface area contributed by atoms with Gasteiger partial charge in [0.15, 0.2) is 12.4 Å². The number of aliphatic hydroxyl groups excluding tert-OH is 4. The predicted molar refractivity (Wildman–Crippen MR) is 85.2 cm³/mol. The van der Waals surface area contributed by atoms with E-state index in [1.54, 1.807) is 0 Å². The van der Waals surface area contributed by atoms with E-state index in [0.29, 0.717) is 0 Å². The monoisotopic (exact) mass is 640 g/mol. The van der Waals surface area contributed by atoms with Gasteiger partial charge in [-0.2, -0.15) is 74.6 Å². The van der Waals surface area contributed by atoms with Gasteiger partial charge in [-0.1, -0.05) is 0 Å². The summed E-state index contributed by atoms with van der Waals surface area (Å²) in [5.74, 6) is -60.0. The smallest absolute Gasteiger partial charge is 0.460 e. The molecular formula is C16H13F17O7. The SMILES string of the molecule is O=C(OCCC(F)(F)C(F)(F)C(F)(F)C(F)(F)C(F)(F)C(F)(F)C(F)(F)C(F)(F)F)[C@@H](O)[C@H]1O[C@@H](O)[C@H](O)[C@H]1O. The van der Waals surface area contributed by atoms with Gasteiger partial charge in [0, 0.05) is 0 Å². The predicted octanol–water partition coefficient (Wildman–Crippen LogP) is 2.73. The lowest BCUT2D eigenvalue weighted by molar-refractivity contribution is -0.461. The number of ether oxygens (including phenoxy) is 2. The fraction of sp³-hybridized carbons (Fsp3) is 0.938. The van der Waals surface area contributed by atoms with Crippen molar-refractivity contribution in [1.29, 1.82) is 0 Å². The first kappa shape index (κ1) is 36.1. The Balaban J connectivity index is 3.20. The molecule has 0 radical (unpaired) electrons. The topological polar surface area (TPSA) is 116 Å². The molecule has 1 aliphatic heterocycles. The van der Waals surface area contributed by atoms with Crippen LogP contribution in [-0.4, -0.2) is 111 Å². The van der Waals surface area contributed by atoms with Gasteiger partial charge in [-0.3, -0.25) is 0 Å². The third-order valence-electron chi connectivity index (χ3n) is 5.28. The van der Waals surface area contributed by atoms with Crippen LogP contribution in [0.1, 0.15) is 6.42 Å². The first-order valence-corrected chi connectivity index (χ1v) is 9.64. The Labute approximate surface area is 208 Å². The lowest BCUT2D eigenvalue weighted by Gasteiger charge is -2.42. The molecular weight excluding hydrogens is 627 g/mol. The van der Waals surface area contributed by atoms with Crippen molar-refractivity contribution in [3.63, 3.8) is 0 Å². The molecule has 1 aliphatic rings. The zero-order chi connectivity index (χ0) is 32.3. The van der Waals surface area contributed by atoms with Crippen molar-refractivity contribution in [2.75, 3.05) is 6.61 Å². The standard InChI is InChI=1S/C16H13F17O7/c17-9(18,1-2-39-7(37)5(36)6-3(34)4(35)8(38)40-6)10(19,20)11(21,22)12(23,24)13(25,26)14(27,28)15(29,30)16(31,32)33/h3-6,8,34-36,38H,1-2H2/t3-,4-,5+,6+,8-/m1/s1. The highest BCUT2D eigenvalue weighted by Gasteiger charge is 2.95. The van der Waals surface area contributed by atoms with E-state index in [2.05, 4.69) is 9.47 Å². The Hall–Kier alpha value is -1.92. The van der Waals surface area contributed by atoms with Crippen molar-refractivity contribution in [3.05, 3.63) is 0 Å². The zero-order valence-electron chi connectivity index (χ0n) is 18.2. The number of carbonyl (C=O) groups excluding carboxylic acids is 1. The van der Waals surface area contributed by atoms with Crippen molar-refractivity contribution < 1.29 is 109 Å². The molecule has 0 saturated carbocycles. The molecule has 1 fully saturated rings. The second-order valence-electron chi connectivity index (χ2n) is 7.98. The van der Waals surface area contributed by atoms with Gasteiger partial charge < -0.3 is 29.9 Å². The zero-order valence-corrected chi connectivity index (χ0v) is 18.2. The number of esters is 1. The van der Waals surface area contributed by atoms with Gasteiger partial charge in [-0.25, -0.2) is 4.79 Å². The Kier molecular flexibility index (Phi) is 9.40. The molecule has 1 saturated heterocycles. The van der Waals surface area contributed by atoms with Crippen LogP contribution in [0.4, 0.5) is 74.6 Å². The second kappa shape index (κ2) is 10.4. The van der Waals surface area contributed by atoms with Crippen LogP contribution in [0, 0.1) is 0 Å². The van der Waals surface area contributed by atoms with Crippen LogP contribution in [0.3, 0.4) is 0 Å². The van der Waals surface area contributed by atoms with Gasteiger partial charge in [0.05, 0.1) is 13.0 Å². The van der Waals surface area contributed by atoms with Gasteiger partial charge in [0.1, 0.15) is 18.3 Å². The molecule has 4 N–H and O–H groups in total. The summed E-state index contributed by atoms with van der Waals surface area (Å²) in [6, 6.07) is 0. The molecule has 7 nitrogen and oxygen atoms in total. The normalized spacial score (nSPS) is 25.2. The van der Waals surface area contributed by atoms with E-state index in [-0.39, 0.29) is 0 Å². The van der Waals surface area contributed by atoms with Crippen LogP contribution >= 0.6 is 0 Å². The molecule has 5 atom stereocenters. The minimum atomic E-state index is -8.78. The van der Waals surface area contributed by atoms with E-state index in [1.807, 2.05) is 0 Å². The fourth-order valence-corrected chi connectivity index (χ4v) is 2.80. The van der Waals surface area contributed by atoms with Crippen molar-refractivity contribution in [2.45, 2.75) is 84.8 Å². The number of hydrogen-bond acceptors (Lipinski definition) is 7. The molecule has 0 aliphatic carbocycles. The Morgan fingerprint density at radius 3 is 1.38 bits per heavy atom. The Bertz CT molecular complexity index is 922. The van der Waals surface area contributed by atoms with Crippen molar-refractivity contribution in [1.82, 2.24) is 0 Å². The highest BCUT2D eigenvalue weighted by Crippen LogP contribution is 2.64. The number of aliphatic hydroxyl groups is 4. The molecule has 238 valence electrons. The van der Waals surface area contributed by atoms with E-state index < -0.39 is 97.3 Å². The summed E-state index contributed by atoms with van der Waals surface area (Å²) in [5.41, 5.74) is 0. The molecule has 0 aromatic heterocycles. The first-order valence-electron chi connectivity index (χ1n) is 9.64. The summed E-state index contributed by atoms with van der Waals surface area (Å²) in [4.78, 5) is 11.5. The minimum absolute atomic E-state index is 2.19. The van der Waals surface area contributed by atoms with Gasteiger partial charge in [0.25, 0.3) is 0 Å². The average Bonchev–Trinajstić information content (AvgIpc) is 3.03. The minimum Gasteiger partial charge on any atom is -0.463 e. The van der Waals surface area contributed by atoms with Gasteiger partial charge in [-0.15, -0.1) is 0 Å². The van der Waals surface area contributed by atoms with Gasteiger partial charge in [-0.05, 0) is 0 Å². The van der Waals surface area contributed by atoms with Crippen LogP contribution in [0.25, 0.3) is 0 Å². The third kappa shape index (κ3) is 5.24. The lowest BCUT2D eigenvalue weighted by atomic mass is 9.88. The Morgan fingerprint density at radius 1 is 0.650 bits per heavy atom. The van der Waals surface area contributed by atoms with Crippen molar-refractivity contribution in [2.24, 2.45) is 0 Å². The van der Waals surface area contributed by atoms with E-state index in [9.17, 15) is 94.8 Å². The van der Waals surface area contributed by atoms with Crippen LogP contribution in [0.5, 0.6) is 0 Å². The van der Waals surface area contributed by atoms with E-state index in [4.69, 9.17) is 5.11 Å². The number of rotatable bonds is 11. The maximum atomic E-state index is 13.7. The molecule has 0 spiro atoms. The van der Waals surface area contributed by atoms with Crippen LogP contribution in [0.2, 0.25) is 0 Å². The quantitative estimate of drug-likeness (QED) is 0.203. The van der Waals surface area contributed by atoms with Crippen molar-refractivity contribution >= 4 is 5.97 Å². The molecule has 0 bridgehead atoms. The first-order chi connectivity index (χ1) is 17.4. The number of alkyl halides is 17. The largest absolute Gasteiger partial charge is 0.463 e. The summed E-state index contributed by atoms with van der Waals surface area (Å²) in [7, 11) is 0.